The molecule has 0 spiro atoms. The van der Waals surface area contributed by atoms with Crippen molar-refractivity contribution < 1.29 is 14.3 Å². The molecule has 6 nitrogen and oxygen atoms in total. The minimum absolute atomic E-state index is 0.0415. The number of benzene rings is 2. The number of ether oxygens (including phenoxy) is 1. The molecule has 0 saturated carbocycles. The molecule has 2 aromatic carbocycles. The van der Waals surface area contributed by atoms with Crippen molar-refractivity contribution in [3.8, 4) is 5.75 Å². The fourth-order valence-corrected chi connectivity index (χ4v) is 4.26. The molecule has 2 aromatic rings. The lowest BCUT2D eigenvalue weighted by molar-refractivity contribution is -0.127. The monoisotopic (exact) mass is 457 g/mol. The fourth-order valence-electron chi connectivity index (χ4n) is 2.91. The number of amides is 2. The number of nitrogens with zero attached hydrogens (tertiary/aromatic N) is 2. The minimum atomic E-state index is -0.551. The second-order valence-electron chi connectivity index (χ2n) is 6.84. The van der Waals surface area contributed by atoms with E-state index in [1.807, 2.05) is 25.1 Å². The number of amidine groups is 1. The molecule has 0 aliphatic carbocycles. The Morgan fingerprint density at radius 3 is 2.77 bits per heavy atom. The highest BCUT2D eigenvalue weighted by molar-refractivity contribution is 8.15. The number of anilines is 1. The van der Waals surface area contributed by atoms with E-state index in [2.05, 4.69) is 16.9 Å². The summed E-state index contributed by atoms with van der Waals surface area (Å²) in [5, 5.41) is 3.38. The van der Waals surface area contributed by atoms with Crippen molar-refractivity contribution in [1.29, 1.82) is 0 Å². The Balaban J connectivity index is 1.66. The first-order valence-electron chi connectivity index (χ1n) is 9.96. The molecular weight excluding hydrogens is 434 g/mol. The topological polar surface area (TPSA) is 71.0 Å². The summed E-state index contributed by atoms with van der Waals surface area (Å²) in [4.78, 5) is 31.5. The fraction of sp³-hybridized carbons (Fsp3) is 0.261. The second kappa shape index (κ2) is 11.0. The van der Waals surface area contributed by atoms with Crippen molar-refractivity contribution in [2.24, 2.45) is 4.99 Å². The molecule has 8 heteroatoms. The third-order valence-corrected chi connectivity index (χ3v) is 5.76. The Morgan fingerprint density at radius 2 is 2.10 bits per heavy atom. The number of hydrogen-bond donors (Lipinski definition) is 1. The number of rotatable bonds is 9. The number of aliphatic imine (C=N–C) groups is 1. The first kappa shape index (κ1) is 22.9. The third-order valence-electron chi connectivity index (χ3n) is 4.35. The molecule has 1 aliphatic rings. The van der Waals surface area contributed by atoms with E-state index in [0.29, 0.717) is 34.7 Å². The molecule has 3 rings (SSSR count). The van der Waals surface area contributed by atoms with Crippen LogP contribution >= 0.6 is 23.4 Å². The number of nitrogens with one attached hydrogen (secondary N) is 1. The average Bonchev–Trinajstić information content (AvgIpc) is 3.02. The van der Waals surface area contributed by atoms with E-state index in [0.717, 1.165) is 12.2 Å². The smallest absolute Gasteiger partial charge is 0.242 e. The minimum Gasteiger partial charge on any atom is -0.494 e. The SMILES string of the molecule is C=CCN1C(=O)C(CC(=O)Nc2ccc(OCCC)cc2)SC1=Nc1cccc(Cl)c1. The van der Waals surface area contributed by atoms with Crippen LogP contribution in [0, 0.1) is 0 Å². The summed E-state index contributed by atoms with van der Waals surface area (Å²) in [6, 6.07) is 14.3. The number of thioether (sulfide) groups is 1. The highest BCUT2D eigenvalue weighted by Gasteiger charge is 2.38. The Labute approximate surface area is 191 Å². The summed E-state index contributed by atoms with van der Waals surface area (Å²) in [6.07, 6.45) is 2.60. The van der Waals surface area contributed by atoms with Crippen LogP contribution in [-0.4, -0.2) is 40.3 Å². The van der Waals surface area contributed by atoms with Crippen molar-refractivity contribution in [3.05, 3.63) is 66.2 Å². The summed E-state index contributed by atoms with van der Waals surface area (Å²) in [5.74, 6) is 0.350. The predicted octanol–water partition coefficient (Wildman–Crippen LogP) is 5.28. The lowest BCUT2D eigenvalue weighted by Crippen LogP contribution is -2.33. The highest BCUT2D eigenvalue weighted by Crippen LogP contribution is 2.32. The zero-order valence-electron chi connectivity index (χ0n) is 17.2. The van der Waals surface area contributed by atoms with Crippen molar-refractivity contribution >= 4 is 51.7 Å². The third kappa shape index (κ3) is 6.35. The summed E-state index contributed by atoms with van der Waals surface area (Å²) < 4.78 is 5.54. The van der Waals surface area contributed by atoms with E-state index >= 15 is 0 Å². The van der Waals surface area contributed by atoms with Gasteiger partial charge in [0.05, 0.1) is 12.3 Å². The molecule has 1 aliphatic heterocycles. The van der Waals surface area contributed by atoms with Gasteiger partial charge in [-0.05, 0) is 48.9 Å². The normalized spacial score (nSPS) is 17.1. The average molecular weight is 458 g/mol. The van der Waals surface area contributed by atoms with Gasteiger partial charge in [0.15, 0.2) is 5.17 Å². The van der Waals surface area contributed by atoms with Gasteiger partial charge in [-0.15, -0.1) is 6.58 Å². The summed E-state index contributed by atoms with van der Waals surface area (Å²) >= 11 is 7.30. The summed E-state index contributed by atoms with van der Waals surface area (Å²) in [6.45, 7) is 6.72. The lowest BCUT2D eigenvalue weighted by Gasteiger charge is -2.14. The number of carbonyl (C=O) groups is 2. The molecule has 1 atom stereocenters. The standard InChI is InChI=1S/C23H24ClN3O3S/c1-3-12-27-22(29)20(31-23(27)26-18-7-5-6-16(24)14-18)15-21(28)25-17-8-10-19(11-9-17)30-13-4-2/h3,5-11,14,20H,1,4,12-13,15H2,2H3,(H,25,28). The Kier molecular flexibility index (Phi) is 8.14. The molecule has 1 saturated heterocycles. The van der Waals surface area contributed by atoms with Gasteiger partial charge < -0.3 is 10.1 Å². The van der Waals surface area contributed by atoms with Crippen molar-refractivity contribution in [1.82, 2.24) is 4.90 Å². The quantitative estimate of drug-likeness (QED) is 0.520. The first-order chi connectivity index (χ1) is 15.0. The molecule has 0 aromatic heterocycles. The Morgan fingerprint density at radius 1 is 1.32 bits per heavy atom. The molecule has 0 bridgehead atoms. The van der Waals surface area contributed by atoms with Crippen molar-refractivity contribution in [2.45, 2.75) is 25.0 Å². The van der Waals surface area contributed by atoms with Crippen molar-refractivity contribution in [2.75, 3.05) is 18.5 Å². The molecule has 31 heavy (non-hydrogen) atoms. The second-order valence-corrected chi connectivity index (χ2v) is 8.45. The zero-order chi connectivity index (χ0) is 22.2. The van der Waals surface area contributed by atoms with Gasteiger partial charge in [-0.25, -0.2) is 4.99 Å². The van der Waals surface area contributed by atoms with Gasteiger partial charge in [0, 0.05) is 23.7 Å². The van der Waals surface area contributed by atoms with E-state index in [-0.39, 0.29) is 18.2 Å². The van der Waals surface area contributed by atoms with E-state index in [1.165, 1.54) is 16.7 Å². The van der Waals surface area contributed by atoms with Crippen LogP contribution in [0.3, 0.4) is 0 Å². The number of carbonyl (C=O) groups excluding carboxylic acids is 2. The Hall–Kier alpha value is -2.77. The maximum atomic E-state index is 12.8. The molecule has 1 fully saturated rings. The van der Waals surface area contributed by atoms with E-state index in [1.54, 1.807) is 36.4 Å². The van der Waals surface area contributed by atoms with Gasteiger partial charge in [0.1, 0.15) is 11.0 Å². The van der Waals surface area contributed by atoms with Crippen LogP contribution in [0.15, 0.2) is 66.2 Å². The van der Waals surface area contributed by atoms with Crippen molar-refractivity contribution in [3.63, 3.8) is 0 Å². The van der Waals surface area contributed by atoms with Gasteiger partial charge >= 0.3 is 0 Å². The number of hydrogen-bond acceptors (Lipinski definition) is 5. The van der Waals surface area contributed by atoms with Gasteiger partial charge in [-0.3, -0.25) is 14.5 Å². The van der Waals surface area contributed by atoms with Crippen LogP contribution < -0.4 is 10.1 Å². The van der Waals surface area contributed by atoms with Gasteiger partial charge in [0.25, 0.3) is 0 Å². The van der Waals surface area contributed by atoms with Crippen LogP contribution in [0.4, 0.5) is 11.4 Å². The molecule has 1 heterocycles. The van der Waals surface area contributed by atoms with Crippen LogP contribution in [0.25, 0.3) is 0 Å². The predicted molar refractivity (Wildman–Crippen MR) is 127 cm³/mol. The van der Waals surface area contributed by atoms with Gasteiger partial charge in [-0.1, -0.05) is 42.4 Å². The Bertz CT molecular complexity index is 978. The van der Waals surface area contributed by atoms with Crippen LogP contribution in [0.1, 0.15) is 19.8 Å². The highest BCUT2D eigenvalue weighted by atomic mass is 35.5. The maximum Gasteiger partial charge on any atom is 0.242 e. The van der Waals surface area contributed by atoms with E-state index in [9.17, 15) is 9.59 Å². The summed E-state index contributed by atoms with van der Waals surface area (Å²) in [5.41, 5.74) is 1.30. The molecular formula is C23H24ClN3O3S. The van der Waals surface area contributed by atoms with E-state index in [4.69, 9.17) is 16.3 Å². The molecule has 0 radical (unpaired) electrons. The lowest BCUT2D eigenvalue weighted by atomic mass is 10.2. The largest absolute Gasteiger partial charge is 0.494 e. The maximum absolute atomic E-state index is 12.8. The molecule has 1 N–H and O–H groups in total. The van der Waals surface area contributed by atoms with E-state index < -0.39 is 5.25 Å². The van der Waals surface area contributed by atoms with Gasteiger partial charge in [0.2, 0.25) is 11.8 Å². The number of halogens is 1. The molecule has 2 amide bonds. The summed E-state index contributed by atoms with van der Waals surface area (Å²) in [7, 11) is 0. The van der Waals surface area contributed by atoms with Gasteiger partial charge in [-0.2, -0.15) is 0 Å². The zero-order valence-corrected chi connectivity index (χ0v) is 18.8. The molecule has 162 valence electrons. The van der Waals surface area contributed by atoms with Crippen LogP contribution in [0.2, 0.25) is 5.02 Å². The van der Waals surface area contributed by atoms with Crippen LogP contribution in [0.5, 0.6) is 5.75 Å². The first-order valence-corrected chi connectivity index (χ1v) is 11.2. The molecule has 1 unspecified atom stereocenters. The van der Waals surface area contributed by atoms with Crippen LogP contribution in [-0.2, 0) is 9.59 Å².